The predicted molar refractivity (Wildman–Crippen MR) is 65.0 cm³/mol. The number of hydrogen-bond donors (Lipinski definition) is 3. The van der Waals surface area contributed by atoms with Gasteiger partial charge in [-0.3, -0.25) is 0 Å². The van der Waals surface area contributed by atoms with Crippen LogP contribution in [0.15, 0.2) is 6.33 Å². The number of nitrogens with zero attached hydrogens (tertiary/aromatic N) is 4. The number of carboxylic acid groups (broad SMARTS) is 1. The summed E-state index contributed by atoms with van der Waals surface area (Å²) >= 11 is 0. The van der Waals surface area contributed by atoms with Gasteiger partial charge in [0.25, 0.3) is 0 Å². The molecule has 9 heteroatoms. The Bertz CT molecular complexity index is 599. The van der Waals surface area contributed by atoms with Crippen LogP contribution in [0.3, 0.4) is 0 Å². The molecule has 0 saturated heterocycles. The lowest BCUT2D eigenvalue weighted by atomic mass is 10.3. The SMILES string of the molecule is Nc1nc(F)nc2c1ncn2CCCCNC(=O)O. The summed E-state index contributed by atoms with van der Waals surface area (Å²) in [6.45, 7) is 0.918. The Morgan fingerprint density at radius 1 is 1.47 bits per heavy atom. The molecular weight excluding hydrogens is 255 g/mol. The molecule has 1 amide bonds. The van der Waals surface area contributed by atoms with Crippen molar-refractivity contribution >= 4 is 23.1 Å². The van der Waals surface area contributed by atoms with Gasteiger partial charge in [0.1, 0.15) is 5.52 Å². The van der Waals surface area contributed by atoms with Crippen molar-refractivity contribution in [2.45, 2.75) is 19.4 Å². The van der Waals surface area contributed by atoms with Crippen molar-refractivity contribution < 1.29 is 14.3 Å². The number of nitrogen functional groups attached to an aromatic ring is 1. The van der Waals surface area contributed by atoms with E-state index in [1.54, 1.807) is 4.57 Å². The zero-order valence-electron chi connectivity index (χ0n) is 10.0. The molecule has 0 bridgehead atoms. The fraction of sp³-hybridized carbons (Fsp3) is 0.400. The van der Waals surface area contributed by atoms with Crippen LogP contribution in [0.1, 0.15) is 12.8 Å². The van der Waals surface area contributed by atoms with Gasteiger partial charge in [-0.15, -0.1) is 0 Å². The second kappa shape index (κ2) is 5.46. The monoisotopic (exact) mass is 268 g/mol. The number of anilines is 1. The Hall–Kier alpha value is -2.45. The van der Waals surface area contributed by atoms with Crippen molar-refractivity contribution in [3.8, 4) is 0 Å². The summed E-state index contributed by atoms with van der Waals surface area (Å²) in [6.07, 6.45) is 0.946. The second-order valence-electron chi connectivity index (χ2n) is 3.93. The molecule has 4 N–H and O–H groups in total. The Balaban J connectivity index is 1.99. The summed E-state index contributed by atoms with van der Waals surface area (Å²) in [5.74, 6) is 0.00814. The molecule has 0 aliphatic rings. The number of halogens is 1. The minimum atomic E-state index is -1.05. The van der Waals surface area contributed by atoms with Crippen molar-refractivity contribution in [1.82, 2.24) is 24.8 Å². The van der Waals surface area contributed by atoms with Crippen LogP contribution in [0.2, 0.25) is 0 Å². The highest BCUT2D eigenvalue weighted by Gasteiger charge is 2.10. The number of aryl methyl sites for hydroxylation is 1. The predicted octanol–water partition coefficient (Wildman–Crippen LogP) is 0.595. The summed E-state index contributed by atoms with van der Waals surface area (Å²) < 4.78 is 14.7. The van der Waals surface area contributed by atoms with Gasteiger partial charge in [0.2, 0.25) is 0 Å². The fourth-order valence-corrected chi connectivity index (χ4v) is 1.70. The summed E-state index contributed by atoms with van der Waals surface area (Å²) in [7, 11) is 0. The van der Waals surface area contributed by atoms with Gasteiger partial charge in [-0.05, 0) is 12.8 Å². The van der Waals surface area contributed by atoms with E-state index < -0.39 is 12.2 Å². The molecule has 0 saturated carbocycles. The minimum Gasteiger partial charge on any atom is -0.465 e. The van der Waals surface area contributed by atoms with Crippen LogP contribution in [-0.4, -0.2) is 37.3 Å². The summed E-state index contributed by atoms with van der Waals surface area (Å²) in [6, 6.07) is 0. The number of rotatable bonds is 5. The lowest BCUT2D eigenvalue weighted by Crippen LogP contribution is -2.22. The topological polar surface area (TPSA) is 119 Å². The van der Waals surface area contributed by atoms with Gasteiger partial charge in [0.15, 0.2) is 11.5 Å². The van der Waals surface area contributed by atoms with Crippen LogP contribution in [0, 0.1) is 6.08 Å². The third kappa shape index (κ3) is 3.06. The number of hydrogen-bond acceptors (Lipinski definition) is 5. The lowest BCUT2D eigenvalue weighted by Gasteiger charge is -2.04. The summed E-state index contributed by atoms with van der Waals surface area (Å²) in [4.78, 5) is 21.3. The first-order valence-corrected chi connectivity index (χ1v) is 5.68. The molecule has 19 heavy (non-hydrogen) atoms. The number of carbonyl (C=O) groups is 1. The Labute approximate surface area is 107 Å². The molecular formula is C10H13FN6O2. The van der Waals surface area contributed by atoms with E-state index in [9.17, 15) is 9.18 Å². The summed E-state index contributed by atoms with van der Waals surface area (Å²) in [5, 5.41) is 10.7. The smallest absolute Gasteiger partial charge is 0.404 e. The zero-order chi connectivity index (χ0) is 13.8. The quantitative estimate of drug-likeness (QED) is 0.539. The summed E-state index contributed by atoms with van der Waals surface area (Å²) in [5.41, 5.74) is 6.25. The molecule has 0 radical (unpaired) electrons. The Kier molecular flexibility index (Phi) is 3.74. The number of aromatic nitrogens is 4. The Morgan fingerprint density at radius 3 is 3.00 bits per heavy atom. The van der Waals surface area contributed by atoms with Crippen LogP contribution in [0.25, 0.3) is 11.2 Å². The normalized spacial score (nSPS) is 10.8. The number of amides is 1. The van der Waals surface area contributed by atoms with E-state index in [2.05, 4.69) is 20.3 Å². The van der Waals surface area contributed by atoms with Gasteiger partial charge in [-0.25, -0.2) is 9.78 Å². The molecule has 0 unspecified atom stereocenters. The first kappa shape index (κ1) is 13.0. The van der Waals surface area contributed by atoms with Crippen LogP contribution >= 0.6 is 0 Å². The van der Waals surface area contributed by atoms with E-state index >= 15 is 0 Å². The lowest BCUT2D eigenvalue weighted by molar-refractivity contribution is 0.194. The van der Waals surface area contributed by atoms with Crippen molar-refractivity contribution in [2.24, 2.45) is 0 Å². The van der Waals surface area contributed by atoms with Crippen molar-refractivity contribution in [3.63, 3.8) is 0 Å². The number of imidazole rings is 1. The number of unbranched alkanes of at least 4 members (excludes halogenated alkanes) is 1. The van der Waals surface area contributed by atoms with Gasteiger partial charge >= 0.3 is 12.2 Å². The van der Waals surface area contributed by atoms with Crippen LogP contribution in [0.5, 0.6) is 0 Å². The van der Waals surface area contributed by atoms with E-state index in [4.69, 9.17) is 10.8 Å². The van der Waals surface area contributed by atoms with Crippen LogP contribution in [-0.2, 0) is 6.54 Å². The molecule has 0 fully saturated rings. The molecule has 2 heterocycles. The van der Waals surface area contributed by atoms with E-state index in [1.807, 2.05) is 0 Å². The first-order chi connectivity index (χ1) is 9.08. The third-order valence-corrected chi connectivity index (χ3v) is 2.57. The van der Waals surface area contributed by atoms with E-state index in [0.717, 1.165) is 0 Å². The largest absolute Gasteiger partial charge is 0.465 e. The van der Waals surface area contributed by atoms with E-state index in [1.165, 1.54) is 6.33 Å². The van der Waals surface area contributed by atoms with Crippen LogP contribution < -0.4 is 11.1 Å². The maximum Gasteiger partial charge on any atom is 0.404 e. The molecule has 0 spiro atoms. The Morgan fingerprint density at radius 2 is 2.26 bits per heavy atom. The molecule has 0 aliphatic heterocycles. The number of nitrogens with two attached hydrogens (primary N) is 1. The van der Waals surface area contributed by atoms with E-state index in [-0.39, 0.29) is 5.82 Å². The fourth-order valence-electron chi connectivity index (χ4n) is 1.70. The van der Waals surface area contributed by atoms with Crippen molar-refractivity contribution in [1.29, 1.82) is 0 Å². The molecule has 8 nitrogen and oxygen atoms in total. The van der Waals surface area contributed by atoms with Crippen LogP contribution in [0.4, 0.5) is 15.0 Å². The highest BCUT2D eigenvalue weighted by atomic mass is 19.1. The van der Waals surface area contributed by atoms with Gasteiger partial charge in [0, 0.05) is 13.1 Å². The van der Waals surface area contributed by atoms with Gasteiger partial charge in [-0.2, -0.15) is 14.4 Å². The van der Waals surface area contributed by atoms with E-state index in [0.29, 0.717) is 37.1 Å². The molecule has 0 atom stereocenters. The average molecular weight is 268 g/mol. The molecule has 102 valence electrons. The third-order valence-electron chi connectivity index (χ3n) is 2.57. The molecule has 2 aromatic heterocycles. The maximum atomic E-state index is 13.1. The molecule has 0 aromatic carbocycles. The number of nitrogens with one attached hydrogen (secondary N) is 1. The van der Waals surface area contributed by atoms with Gasteiger partial charge < -0.3 is 20.7 Å². The molecule has 2 rings (SSSR count). The highest BCUT2D eigenvalue weighted by molar-refractivity contribution is 5.81. The second-order valence-corrected chi connectivity index (χ2v) is 3.93. The standard InChI is InChI=1S/C10H13FN6O2/c11-9-15-7(12)6-8(16-9)17(5-14-6)4-2-1-3-13-10(18)19/h5,13H,1-4H2,(H,18,19)(H2,12,15,16). The van der Waals surface area contributed by atoms with Gasteiger partial charge in [-0.1, -0.05) is 0 Å². The van der Waals surface area contributed by atoms with Gasteiger partial charge in [0.05, 0.1) is 6.33 Å². The highest BCUT2D eigenvalue weighted by Crippen LogP contribution is 2.15. The minimum absolute atomic E-state index is 0.00814. The maximum absolute atomic E-state index is 13.1. The number of fused-ring (bicyclic) bond motifs is 1. The molecule has 2 aromatic rings. The molecule has 0 aliphatic carbocycles. The first-order valence-electron chi connectivity index (χ1n) is 5.68. The average Bonchev–Trinajstić information content (AvgIpc) is 2.72. The van der Waals surface area contributed by atoms with Crippen molar-refractivity contribution in [2.75, 3.05) is 12.3 Å². The zero-order valence-corrected chi connectivity index (χ0v) is 10.0. The van der Waals surface area contributed by atoms with Crippen molar-refractivity contribution in [3.05, 3.63) is 12.4 Å².